The van der Waals surface area contributed by atoms with Crippen LogP contribution in [0.1, 0.15) is 26.7 Å². The van der Waals surface area contributed by atoms with Crippen molar-refractivity contribution < 1.29 is 14.0 Å². The number of piperazine rings is 1. The topological polar surface area (TPSA) is 69.6 Å². The summed E-state index contributed by atoms with van der Waals surface area (Å²) in [6.07, 6.45) is 1.88. The quantitative estimate of drug-likeness (QED) is 0.712. The van der Waals surface area contributed by atoms with Crippen LogP contribution in [-0.2, 0) is 9.59 Å². The third-order valence-electron chi connectivity index (χ3n) is 5.89. The second-order valence-corrected chi connectivity index (χ2v) is 8.49. The molecule has 2 amide bonds. The Morgan fingerprint density at radius 1 is 1.03 bits per heavy atom. The van der Waals surface area contributed by atoms with E-state index in [1.165, 1.54) is 12.1 Å². The molecule has 0 radical (unpaired) electrons. The number of aromatic nitrogens is 2. The maximum Gasteiger partial charge on any atom is 0.242 e. The molecule has 31 heavy (non-hydrogen) atoms. The predicted octanol–water partition coefficient (Wildman–Crippen LogP) is 2.58. The van der Waals surface area contributed by atoms with Gasteiger partial charge in [-0.15, -0.1) is 10.2 Å². The molecule has 1 aromatic carbocycles. The van der Waals surface area contributed by atoms with Crippen molar-refractivity contribution in [2.45, 2.75) is 32.7 Å². The van der Waals surface area contributed by atoms with Gasteiger partial charge in [-0.3, -0.25) is 9.59 Å². The molecule has 2 heterocycles. The van der Waals surface area contributed by atoms with Crippen molar-refractivity contribution in [2.24, 2.45) is 5.92 Å². The lowest BCUT2D eigenvalue weighted by molar-refractivity contribution is -0.143. The molecule has 1 aliphatic carbocycles. The normalized spacial score (nSPS) is 16.5. The van der Waals surface area contributed by atoms with Gasteiger partial charge in [0, 0.05) is 43.7 Å². The lowest BCUT2D eigenvalue weighted by Crippen LogP contribution is -2.53. The van der Waals surface area contributed by atoms with Crippen LogP contribution < -0.4 is 4.90 Å². The summed E-state index contributed by atoms with van der Waals surface area (Å²) in [4.78, 5) is 30.9. The largest absolute Gasteiger partial charge is 0.352 e. The molecule has 7 nitrogen and oxygen atoms in total. The number of hydrogen-bond donors (Lipinski definition) is 0. The third-order valence-corrected chi connectivity index (χ3v) is 5.89. The Hall–Kier alpha value is -3.03. The fraction of sp³-hybridized carbons (Fsp3) is 0.478. The van der Waals surface area contributed by atoms with Crippen LogP contribution in [0, 0.1) is 11.7 Å². The molecule has 1 aliphatic heterocycles. The van der Waals surface area contributed by atoms with Gasteiger partial charge in [-0.2, -0.15) is 0 Å². The number of amides is 2. The highest BCUT2D eigenvalue weighted by Crippen LogP contribution is 2.31. The summed E-state index contributed by atoms with van der Waals surface area (Å²) >= 11 is 0. The summed E-state index contributed by atoms with van der Waals surface area (Å²) in [5.41, 5.74) is 1.50. The number of carbonyl (C=O) groups excluding carboxylic acids is 2. The van der Waals surface area contributed by atoms with Crippen LogP contribution in [0.5, 0.6) is 0 Å². The van der Waals surface area contributed by atoms with E-state index in [1.807, 2.05) is 30.9 Å². The number of halogens is 1. The smallest absolute Gasteiger partial charge is 0.242 e. The minimum Gasteiger partial charge on any atom is -0.352 e. The zero-order chi connectivity index (χ0) is 22.0. The fourth-order valence-corrected chi connectivity index (χ4v) is 3.78. The number of benzene rings is 1. The fourth-order valence-electron chi connectivity index (χ4n) is 3.78. The predicted molar refractivity (Wildman–Crippen MR) is 116 cm³/mol. The summed E-state index contributed by atoms with van der Waals surface area (Å²) in [6.45, 7) is 6.56. The average molecular weight is 426 g/mol. The summed E-state index contributed by atoms with van der Waals surface area (Å²) < 4.78 is 13.1. The van der Waals surface area contributed by atoms with Crippen LogP contribution >= 0.6 is 0 Å². The van der Waals surface area contributed by atoms with Gasteiger partial charge in [0.15, 0.2) is 5.82 Å². The molecule has 1 aromatic heterocycles. The summed E-state index contributed by atoms with van der Waals surface area (Å²) in [5, 5.41) is 8.59. The average Bonchev–Trinajstić information content (AvgIpc) is 3.63. The van der Waals surface area contributed by atoms with Crippen molar-refractivity contribution in [3.63, 3.8) is 0 Å². The number of hydrogen-bond acceptors (Lipinski definition) is 5. The monoisotopic (exact) mass is 425 g/mol. The van der Waals surface area contributed by atoms with Crippen molar-refractivity contribution in [3.8, 4) is 11.3 Å². The van der Waals surface area contributed by atoms with E-state index in [1.54, 1.807) is 17.0 Å². The number of carbonyl (C=O) groups is 2. The highest BCUT2D eigenvalue weighted by Gasteiger charge is 2.36. The van der Waals surface area contributed by atoms with Gasteiger partial charge in [0.2, 0.25) is 11.8 Å². The standard InChI is InChI=1S/C23H28FN5O2/c1-16(2)29(23(31)18-3-4-18)15-22(30)28-13-11-27(12-14-28)21-10-9-20(25-26-21)17-5-7-19(24)8-6-17/h5-10,16,18H,3-4,11-15H2,1-2H3. The molecule has 0 spiro atoms. The first kappa shape index (κ1) is 21.2. The first-order valence-corrected chi connectivity index (χ1v) is 10.9. The molecular formula is C23H28FN5O2. The first-order chi connectivity index (χ1) is 14.9. The van der Waals surface area contributed by atoms with Crippen LogP contribution in [-0.4, -0.2) is 70.6 Å². The second kappa shape index (κ2) is 8.99. The van der Waals surface area contributed by atoms with E-state index in [0.717, 1.165) is 24.2 Å². The molecule has 1 saturated carbocycles. The minimum absolute atomic E-state index is 0.0000851. The molecule has 2 aliphatic rings. The summed E-state index contributed by atoms with van der Waals surface area (Å²) in [5.74, 6) is 0.696. The van der Waals surface area contributed by atoms with Gasteiger partial charge in [-0.25, -0.2) is 4.39 Å². The van der Waals surface area contributed by atoms with Crippen molar-refractivity contribution in [2.75, 3.05) is 37.6 Å². The van der Waals surface area contributed by atoms with Gasteiger partial charge in [-0.05, 0) is 63.1 Å². The Balaban J connectivity index is 1.32. The van der Waals surface area contributed by atoms with Gasteiger partial charge in [-0.1, -0.05) is 0 Å². The van der Waals surface area contributed by atoms with Crippen LogP contribution in [0.4, 0.5) is 10.2 Å². The van der Waals surface area contributed by atoms with E-state index in [2.05, 4.69) is 15.1 Å². The molecule has 164 valence electrons. The molecule has 4 rings (SSSR count). The van der Waals surface area contributed by atoms with E-state index < -0.39 is 0 Å². The Morgan fingerprint density at radius 3 is 2.26 bits per heavy atom. The number of rotatable bonds is 6. The van der Waals surface area contributed by atoms with Crippen molar-refractivity contribution in [1.29, 1.82) is 0 Å². The van der Waals surface area contributed by atoms with Gasteiger partial charge in [0.25, 0.3) is 0 Å². The molecule has 2 aromatic rings. The molecule has 0 bridgehead atoms. The Labute approximate surface area is 181 Å². The Morgan fingerprint density at radius 2 is 1.71 bits per heavy atom. The van der Waals surface area contributed by atoms with Crippen LogP contribution in [0.3, 0.4) is 0 Å². The summed E-state index contributed by atoms with van der Waals surface area (Å²) in [7, 11) is 0. The van der Waals surface area contributed by atoms with E-state index in [-0.39, 0.29) is 36.1 Å². The lowest BCUT2D eigenvalue weighted by Gasteiger charge is -2.36. The SMILES string of the molecule is CC(C)N(CC(=O)N1CCN(c2ccc(-c3ccc(F)cc3)nn2)CC1)C(=O)C1CC1. The number of anilines is 1. The highest BCUT2D eigenvalue weighted by atomic mass is 19.1. The van der Waals surface area contributed by atoms with E-state index in [4.69, 9.17) is 0 Å². The highest BCUT2D eigenvalue weighted by molar-refractivity contribution is 5.87. The van der Waals surface area contributed by atoms with Gasteiger partial charge in [0.1, 0.15) is 5.82 Å². The zero-order valence-electron chi connectivity index (χ0n) is 18.0. The molecule has 0 unspecified atom stereocenters. The van der Waals surface area contributed by atoms with Gasteiger partial charge < -0.3 is 14.7 Å². The van der Waals surface area contributed by atoms with Gasteiger partial charge in [0.05, 0.1) is 12.2 Å². The zero-order valence-corrected chi connectivity index (χ0v) is 18.0. The molecule has 2 fully saturated rings. The number of nitrogens with zero attached hydrogens (tertiary/aromatic N) is 5. The first-order valence-electron chi connectivity index (χ1n) is 10.9. The van der Waals surface area contributed by atoms with Crippen molar-refractivity contribution in [1.82, 2.24) is 20.0 Å². The van der Waals surface area contributed by atoms with Crippen LogP contribution in [0.25, 0.3) is 11.3 Å². The second-order valence-electron chi connectivity index (χ2n) is 8.49. The van der Waals surface area contributed by atoms with Crippen molar-refractivity contribution in [3.05, 3.63) is 42.2 Å². The van der Waals surface area contributed by atoms with Crippen LogP contribution in [0.2, 0.25) is 0 Å². The van der Waals surface area contributed by atoms with E-state index in [0.29, 0.717) is 31.9 Å². The molecular weight excluding hydrogens is 397 g/mol. The van der Waals surface area contributed by atoms with Crippen LogP contribution in [0.15, 0.2) is 36.4 Å². The molecule has 0 atom stereocenters. The maximum atomic E-state index is 13.1. The van der Waals surface area contributed by atoms with E-state index >= 15 is 0 Å². The molecule has 8 heteroatoms. The molecule has 0 N–H and O–H groups in total. The lowest BCUT2D eigenvalue weighted by atomic mass is 10.1. The maximum absolute atomic E-state index is 13.1. The Kier molecular flexibility index (Phi) is 6.15. The van der Waals surface area contributed by atoms with Gasteiger partial charge >= 0.3 is 0 Å². The third kappa shape index (κ3) is 5.00. The Bertz CT molecular complexity index is 920. The summed E-state index contributed by atoms with van der Waals surface area (Å²) in [6, 6.07) is 9.96. The van der Waals surface area contributed by atoms with E-state index in [9.17, 15) is 14.0 Å². The molecule has 1 saturated heterocycles. The van der Waals surface area contributed by atoms with Crippen molar-refractivity contribution >= 4 is 17.6 Å². The minimum atomic E-state index is -0.283.